The molecule has 0 radical (unpaired) electrons. The number of carbonyl (C=O) groups is 1. The SMILES string of the molecule is COC(=O)c1cc(I)c(I)[nH]1. The second kappa shape index (κ2) is 3.74. The molecule has 0 aliphatic rings. The van der Waals surface area contributed by atoms with Crippen LogP contribution in [0.5, 0.6) is 0 Å². The number of rotatable bonds is 1. The Morgan fingerprint density at radius 3 is 2.64 bits per heavy atom. The second-order valence-electron chi connectivity index (χ2n) is 1.84. The molecule has 3 nitrogen and oxygen atoms in total. The summed E-state index contributed by atoms with van der Waals surface area (Å²) in [6, 6.07) is 1.76. The summed E-state index contributed by atoms with van der Waals surface area (Å²) in [5, 5.41) is 0. The summed E-state index contributed by atoms with van der Waals surface area (Å²) in [4.78, 5) is 13.8. The molecule has 0 aliphatic heterocycles. The van der Waals surface area contributed by atoms with Crippen LogP contribution >= 0.6 is 45.2 Å². The van der Waals surface area contributed by atoms with Gasteiger partial charge in [0.2, 0.25) is 0 Å². The molecule has 60 valence electrons. The molecule has 0 atom stereocenters. The van der Waals surface area contributed by atoms with E-state index in [1.54, 1.807) is 6.07 Å². The van der Waals surface area contributed by atoms with Crippen molar-refractivity contribution in [2.45, 2.75) is 0 Å². The van der Waals surface area contributed by atoms with Gasteiger partial charge in [0.05, 0.1) is 10.8 Å². The summed E-state index contributed by atoms with van der Waals surface area (Å²) in [6.07, 6.45) is 0. The van der Waals surface area contributed by atoms with E-state index >= 15 is 0 Å². The number of aromatic amines is 1. The summed E-state index contributed by atoms with van der Waals surface area (Å²) >= 11 is 4.27. The predicted molar refractivity (Wildman–Crippen MR) is 57.6 cm³/mol. The van der Waals surface area contributed by atoms with Crippen molar-refractivity contribution in [3.8, 4) is 0 Å². The number of esters is 1. The number of hydrogen-bond acceptors (Lipinski definition) is 2. The largest absolute Gasteiger partial charge is 0.464 e. The first kappa shape index (κ1) is 9.30. The van der Waals surface area contributed by atoms with E-state index in [-0.39, 0.29) is 5.97 Å². The Balaban J connectivity index is 2.97. The number of halogens is 2. The minimum absolute atomic E-state index is 0.328. The lowest BCUT2D eigenvalue weighted by Crippen LogP contribution is -2.00. The van der Waals surface area contributed by atoms with Crippen molar-refractivity contribution in [1.82, 2.24) is 4.98 Å². The Bertz CT molecular complexity index is 263. The third-order valence-electron chi connectivity index (χ3n) is 1.13. The van der Waals surface area contributed by atoms with E-state index in [2.05, 4.69) is 54.9 Å². The Morgan fingerprint density at radius 2 is 2.27 bits per heavy atom. The highest BCUT2D eigenvalue weighted by atomic mass is 127. The number of hydrogen-bond donors (Lipinski definition) is 1. The fraction of sp³-hybridized carbons (Fsp3) is 0.167. The molecule has 1 aromatic rings. The van der Waals surface area contributed by atoms with Crippen LogP contribution in [0.2, 0.25) is 0 Å². The Morgan fingerprint density at radius 1 is 1.64 bits per heavy atom. The van der Waals surface area contributed by atoms with E-state index in [9.17, 15) is 4.79 Å². The minimum Gasteiger partial charge on any atom is -0.464 e. The quantitative estimate of drug-likeness (QED) is 0.601. The molecule has 0 bridgehead atoms. The van der Waals surface area contributed by atoms with Gasteiger partial charge in [-0.15, -0.1) is 0 Å². The number of aromatic nitrogens is 1. The first-order valence-electron chi connectivity index (χ1n) is 2.77. The van der Waals surface area contributed by atoms with Crippen LogP contribution in [0.1, 0.15) is 10.5 Å². The third kappa shape index (κ3) is 2.08. The van der Waals surface area contributed by atoms with Crippen molar-refractivity contribution in [3.05, 3.63) is 19.0 Å². The van der Waals surface area contributed by atoms with Crippen molar-refractivity contribution in [1.29, 1.82) is 0 Å². The number of carbonyl (C=O) groups excluding carboxylic acids is 1. The van der Waals surface area contributed by atoms with Crippen LogP contribution < -0.4 is 0 Å². The zero-order valence-corrected chi connectivity index (χ0v) is 9.96. The molecule has 1 rings (SSSR count). The highest BCUT2D eigenvalue weighted by Gasteiger charge is 2.09. The average molecular weight is 377 g/mol. The van der Waals surface area contributed by atoms with Gasteiger partial charge in [-0.3, -0.25) is 0 Å². The van der Waals surface area contributed by atoms with Crippen LogP contribution in [0, 0.1) is 7.27 Å². The molecule has 0 fully saturated rings. The number of H-pyrrole nitrogens is 1. The lowest BCUT2D eigenvalue weighted by molar-refractivity contribution is 0.0594. The van der Waals surface area contributed by atoms with Crippen molar-refractivity contribution in [3.63, 3.8) is 0 Å². The van der Waals surface area contributed by atoms with Gasteiger partial charge in [0, 0.05) is 3.57 Å². The molecule has 0 aliphatic carbocycles. The van der Waals surface area contributed by atoms with Crippen LogP contribution in [0.4, 0.5) is 0 Å². The normalized spacial score (nSPS) is 9.73. The number of ether oxygens (including phenoxy) is 1. The van der Waals surface area contributed by atoms with Crippen LogP contribution in [-0.2, 0) is 4.74 Å². The van der Waals surface area contributed by atoms with Crippen LogP contribution in [0.3, 0.4) is 0 Å². The summed E-state index contributed by atoms with van der Waals surface area (Å²) in [7, 11) is 1.36. The lowest BCUT2D eigenvalue weighted by atomic mass is 10.4. The van der Waals surface area contributed by atoms with E-state index in [0.717, 1.165) is 7.27 Å². The van der Waals surface area contributed by atoms with E-state index in [4.69, 9.17) is 0 Å². The molecular weight excluding hydrogens is 372 g/mol. The van der Waals surface area contributed by atoms with Crippen LogP contribution in [0.25, 0.3) is 0 Å². The highest BCUT2D eigenvalue weighted by molar-refractivity contribution is 14.1. The fourth-order valence-corrected chi connectivity index (χ4v) is 1.52. The summed E-state index contributed by atoms with van der Waals surface area (Å²) < 4.78 is 6.52. The van der Waals surface area contributed by atoms with Gasteiger partial charge in [0.15, 0.2) is 0 Å². The molecule has 11 heavy (non-hydrogen) atoms. The molecule has 0 amide bonds. The zero-order valence-electron chi connectivity index (χ0n) is 5.65. The molecular formula is C6H5I2NO2. The maximum atomic E-state index is 10.9. The smallest absolute Gasteiger partial charge is 0.354 e. The Kier molecular flexibility index (Phi) is 3.16. The van der Waals surface area contributed by atoms with Gasteiger partial charge >= 0.3 is 5.97 Å². The van der Waals surface area contributed by atoms with Crippen molar-refractivity contribution in [2.24, 2.45) is 0 Å². The maximum absolute atomic E-state index is 10.9. The third-order valence-corrected chi connectivity index (χ3v) is 3.86. The molecule has 0 aromatic carbocycles. The van der Waals surface area contributed by atoms with Crippen molar-refractivity contribution >= 4 is 51.2 Å². The molecule has 0 spiro atoms. The highest BCUT2D eigenvalue weighted by Crippen LogP contribution is 2.15. The first-order chi connectivity index (χ1) is 5.15. The topological polar surface area (TPSA) is 42.1 Å². The minimum atomic E-state index is -0.328. The first-order valence-corrected chi connectivity index (χ1v) is 4.93. The molecule has 5 heteroatoms. The summed E-state index contributed by atoms with van der Waals surface area (Å²) in [6.45, 7) is 0. The second-order valence-corrected chi connectivity index (χ2v) is 4.08. The Hall–Kier alpha value is 0.210. The van der Waals surface area contributed by atoms with Gasteiger partial charge in [-0.2, -0.15) is 0 Å². The zero-order chi connectivity index (χ0) is 8.43. The van der Waals surface area contributed by atoms with Crippen molar-refractivity contribution < 1.29 is 9.53 Å². The summed E-state index contributed by atoms with van der Waals surface area (Å²) in [5.74, 6) is -0.328. The predicted octanol–water partition coefficient (Wildman–Crippen LogP) is 2.01. The maximum Gasteiger partial charge on any atom is 0.354 e. The van der Waals surface area contributed by atoms with Gasteiger partial charge in [0.1, 0.15) is 5.69 Å². The van der Waals surface area contributed by atoms with E-state index in [0.29, 0.717) is 5.69 Å². The Labute approximate surface area is 91.2 Å². The molecule has 0 unspecified atom stereocenters. The monoisotopic (exact) mass is 377 g/mol. The van der Waals surface area contributed by atoms with E-state index in [1.165, 1.54) is 7.11 Å². The van der Waals surface area contributed by atoms with Gasteiger partial charge in [-0.1, -0.05) is 0 Å². The van der Waals surface area contributed by atoms with Crippen LogP contribution in [0.15, 0.2) is 6.07 Å². The molecule has 1 N–H and O–H groups in total. The lowest BCUT2D eigenvalue weighted by Gasteiger charge is -1.91. The van der Waals surface area contributed by atoms with Gasteiger partial charge in [-0.05, 0) is 51.2 Å². The molecule has 1 heterocycles. The van der Waals surface area contributed by atoms with E-state index < -0.39 is 0 Å². The average Bonchev–Trinajstić information content (AvgIpc) is 2.31. The molecule has 0 saturated carbocycles. The number of nitrogens with one attached hydrogen (secondary N) is 1. The molecule has 0 saturated heterocycles. The number of methoxy groups -OCH3 is 1. The van der Waals surface area contributed by atoms with Gasteiger partial charge < -0.3 is 9.72 Å². The van der Waals surface area contributed by atoms with E-state index in [1.807, 2.05) is 0 Å². The van der Waals surface area contributed by atoms with Crippen LogP contribution in [-0.4, -0.2) is 18.1 Å². The standard InChI is InChI=1S/C6H5I2NO2/c1-11-6(10)4-2-3(7)5(8)9-4/h2,9H,1H3. The summed E-state index contributed by atoms with van der Waals surface area (Å²) in [5.41, 5.74) is 0.501. The fourth-order valence-electron chi connectivity index (χ4n) is 0.624. The van der Waals surface area contributed by atoms with Gasteiger partial charge in [-0.25, -0.2) is 4.79 Å². The van der Waals surface area contributed by atoms with Crippen molar-refractivity contribution in [2.75, 3.05) is 7.11 Å². The van der Waals surface area contributed by atoms with Gasteiger partial charge in [0.25, 0.3) is 0 Å². The molecule has 1 aromatic heterocycles.